The second kappa shape index (κ2) is 6.32. The van der Waals surface area contributed by atoms with Crippen molar-refractivity contribution in [2.45, 2.75) is 17.9 Å². The molecule has 0 saturated heterocycles. The highest BCUT2D eigenvalue weighted by Crippen LogP contribution is 2.29. The first kappa shape index (κ1) is 16.0. The average molecular weight is 346 g/mol. The number of sulfonamides is 1. The molecule has 5 heteroatoms. The lowest BCUT2D eigenvalue weighted by atomic mass is 10.1. The Morgan fingerprint density at radius 1 is 0.870 bits per heavy atom. The minimum atomic E-state index is -3.66. The van der Waals surface area contributed by atoms with Crippen molar-refractivity contribution in [3.63, 3.8) is 0 Å². The Morgan fingerprint density at radius 3 is 2.17 bits per heavy atom. The second-order valence-corrected chi connectivity index (χ2v) is 7.43. The number of fused-ring (bicyclic) bond motifs is 1. The van der Waals surface area contributed by atoms with E-state index in [0.717, 1.165) is 10.9 Å². The van der Waals surface area contributed by atoms with Crippen LogP contribution in [0.4, 0.5) is 0 Å². The Hall–Kier alpha value is -1.88. The zero-order chi connectivity index (χ0) is 16.4. The van der Waals surface area contributed by atoms with Crippen LogP contribution in [0.3, 0.4) is 0 Å². The number of rotatable bonds is 4. The van der Waals surface area contributed by atoms with Crippen LogP contribution in [-0.2, 0) is 10.0 Å². The van der Waals surface area contributed by atoms with E-state index >= 15 is 0 Å². The highest BCUT2D eigenvalue weighted by atomic mass is 35.5. The molecule has 3 aromatic rings. The predicted octanol–water partition coefficient (Wildman–Crippen LogP) is 4.53. The van der Waals surface area contributed by atoms with Gasteiger partial charge < -0.3 is 0 Å². The fraction of sp³-hybridized carbons (Fsp3) is 0.111. The second-order valence-electron chi connectivity index (χ2n) is 5.34. The van der Waals surface area contributed by atoms with Crippen LogP contribution in [0, 0.1) is 0 Å². The Morgan fingerprint density at radius 2 is 1.48 bits per heavy atom. The standard InChI is InChI=1S/C18H16ClNO2S/c1-13(14-7-3-2-4-8-14)20-23(21,22)18-12-11-17(19)15-9-5-6-10-16(15)18/h2-13,20H,1H3. The molecule has 0 aliphatic carbocycles. The molecule has 0 fully saturated rings. The first-order valence-electron chi connectivity index (χ1n) is 7.23. The van der Waals surface area contributed by atoms with E-state index in [-0.39, 0.29) is 10.9 Å². The van der Waals surface area contributed by atoms with E-state index in [2.05, 4.69) is 4.72 Å². The molecule has 0 aliphatic heterocycles. The average Bonchev–Trinajstić information content (AvgIpc) is 2.55. The zero-order valence-electron chi connectivity index (χ0n) is 12.5. The van der Waals surface area contributed by atoms with Crippen molar-refractivity contribution < 1.29 is 8.42 Å². The summed E-state index contributed by atoms with van der Waals surface area (Å²) >= 11 is 6.17. The predicted molar refractivity (Wildman–Crippen MR) is 94.1 cm³/mol. The Labute approximate surface area is 141 Å². The maximum absolute atomic E-state index is 12.8. The van der Waals surface area contributed by atoms with Gasteiger partial charge in [0.15, 0.2) is 0 Å². The minimum absolute atomic E-state index is 0.236. The van der Waals surface area contributed by atoms with Crippen LogP contribution >= 0.6 is 11.6 Å². The van der Waals surface area contributed by atoms with E-state index in [1.165, 1.54) is 0 Å². The summed E-state index contributed by atoms with van der Waals surface area (Å²) in [4.78, 5) is 0.236. The highest BCUT2D eigenvalue weighted by molar-refractivity contribution is 7.89. The van der Waals surface area contributed by atoms with Crippen molar-refractivity contribution in [2.24, 2.45) is 0 Å². The van der Waals surface area contributed by atoms with Crippen molar-refractivity contribution >= 4 is 32.4 Å². The number of hydrogen-bond donors (Lipinski definition) is 1. The van der Waals surface area contributed by atoms with Crippen molar-refractivity contribution in [3.8, 4) is 0 Å². The van der Waals surface area contributed by atoms with Crippen molar-refractivity contribution in [1.29, 1.82) is 0 Å². The van der Waals surface area contributed by atoms with Gasteiger partial charge in [-0.25, -0.2) is 13.1 Å². The maximum Gasteiger partial charge on any atom is 0.241 e. The van der Waals surface area contributed by atoms with Gasteiger partial charge in [-0.1, -0.05) is 66.2 Å². The monoisotopic (exact) mass is 345 g/mol. The van der Waals surface area contributed by atoms with Crippen LogP contribution < -0.4 is 4.72 Å². The molecule has 0 amide bonds. The van der Waals surface area contributed by atoms with E-state index in [9.17, 15) is 8.42 Å². The third-order valence-electron chi connectivity index (χ3n) is 3.75. The molecule has 1 atom stereocenters. The fourth-order valence-corrected chi connectivity index (χ4v) is 4.25. The van der Waals surface area contributed by atoms with Gasteiger partial charge in [0, 0.05) is 21.8 Å². The normalized spacial score (nSPS) is 13.1. The van der Waals surface area contributed by atoms with Crippen LogP contribution in [0.25, 0.3) is 10.8 Å². The quantitative estimate of drug-likeness (QED) is 0.755. The minimum Gasteiger partial charge on any atom is -0.207 e. The van der Waals surface area contributed by atoms with E-state index in [4.69, 9.17) is 11.6 Å². The summed E-state index contributed by atoms with van der Waals surface area (Å²) < 4.78 is 28.3. The van der Waals surface area contributed by atoms with E-state index in [1.54, 1.807) is 24.3 Å². The van der Waals surface area contributed by atoms with Crippen LogP contribution in [0.1, 0.15) is 18.5 Å². The summed E-state index contributed by atoms with van der Waals surface area (Å²) in [5.41, 5.74) is 0.911. The van der Waals surface area contributed by atoms with Crippen LogP contribution in [0.5, 0.6) is 0 Å². The Balaban J connectivity index is 2.02. The van der Waals surface area contributed by atoms with Crippen molar-refractivity contribution in [1.82, 2.24) is 4.72 Å². The smallest absolute Gasteiger partial charge is 0.207 e. The van der Waals surface area contributed by atoms with Gasteiger partial charge >= 0.3 is 0 Å². The highest BCUT2D eigenvalue weighted by Gasteiger charge is 2.21. The molecule has 1 N–H and O–H groups in total. The topological polar surface area (TPSA) is 46.2 Å². The third-order valence-corrected chi connectivity index (χ3v) is 5.68. The number of halogens is 1. The number of hydrogen-bond acceptors (Lipinski definition) is 2. The molecule has 23 heavy (non-hydrogen) atoms. The van der Waals surface area contributed by atoms with Gasteiger partial charge in [0.05, 0.1) is 4.90 Å². The van der Waals surface area contributed by atoms with Crippen LogP contribution in [-0.4, -0.2) is 8.42 Å². The Kier molecular flexibility index (Phi) is 4.39. The largest absolute Gasteiger partial charge is 0.241 e. The van der Waals surface area contributed by atoms with Gasteiger partial charge in [-0.2, -0.15) is 0 Å². The molecule has 0 heterocycles. The zero-order valence-corrected chi connectivity index (χ0v) is 14.1. The van der Waals surface area contributed by atoms with Crippen LogP contribution in [0.2, 0.25) is 5.02 Å². The van der Waals surface area contributed by atoms with Crippen molar-refractivity contribution in [2.75, 3.05) is 0 Å². The van der Waals surface area contributed by atoms with Gasteiger partial charge in [-0.15, -0.1) is 0 Å². The van der Waals surface area contributed by atoms with Gasteiger partial charge in [-0.3, -0.25) is 0 Å². The van der Waals surface area contributed by atoms with E-state index in [1.807, 2.05) is 49.4 Å². The summed E-state index contributed by atoms with van der Waals surface area (Å²) in [7, 11) is -3.66. The fourth-order valence-electron chi connectivity index (χ4n) is 2.57. The lowest BCUT2D eigenvalue weighted by Crippen LogP contribution is -2.27. The molecule has 0 aliphatic rings. The van der Waals surface area contributed by atoms with E-state index < -0.39 is 10.0 Å². The maximum atomic E-state index is 12.8. The lowest BCUT2D eigenvalue weighted by molar-refractivity contribution is 0.568. The van der Waals surface area contributed by atoms with E-state index in [0.29, 0.717) is 10.4 Å². The van der Waals surface area contributed by atoms with Crippen molar-refractivity contribution in [3.05, 3.63) is 77.3 Å². The van der Waals surface area contributed by atoms with Gasteiger partial charge in [0.25, 0.3) is 0 Å². The molecule has 3 aromatic carbocycles. The molecule has 0 bridgehead atoms. The summed E-state index contributed by atoms with van der Waals surface area (Å²) in [6.07, 6.45) is 0. The lowest BCUT2D eigenvalue weighted by Gasteiger charge is -2.16. The molecule has 0 saturated carbocycles. The third kappa shape index (κ3) is 3.24. The molecule has 0 radical (unpaired) electrons. The van der Waals surface area contributed by atoms with Gasteiger partial charge in [-0.05, 0) is 24.6 Å². The molecule has 3 rings (SSSR count). The molecule has 0 spiro atoms. The number of benzene rings is 3. The first-order valence-corrected chi connectivity index (χ1v) is 9.10. The molecular formula is C18H16ClNO2S. The Bertz CT molecular complexity index is 940. The summed E-state index contributed by atoms with van der Waals surface area (Å²) in [5.74, 6) is 0. The summed E-state index contributed by atoms with van der Waals surface area (Å²) in [6.45, 7) is 1.82. The molecule has 0 aromatic heterocycles. The van der Waals surface area contributed by atoms with Crippen LogP contribution in [0.15, 0.2) is 71.6 Å². The molecular weight excluding hydrogens is 330 g/mol. The van der Waals surface area contributed by atoms with Gasteiger partial charge in [0.2, 0.25) is 10.0 Å². The summed E-state index contributed by atoms with van der Waals surface area (Å²) in [6, 6.07) is 19.5. The molecule has 118 valence electrons. The van der Waals surface area contributed by atoms with Gasteiger partial charge in [0.1, 0.15) is 0 Å². The molecule has 1 unspecified atom stereocenters. The SMILES string of the molecule is CC(NS(=O)(=O)c1ccc(Cl)c2ccccc12)c1ccccc1. The first-order chi connectivity index (χ1) is 11.0. The number of nitrogens with one attached hydrogen (secondary N) is 1. The molecule has 3 nitrogen and oxygen atoms in total. The summed E-state index contributed by atoms with van der Waals surface area (Å²) in [5, 5.41) is 1.88.